The van der Waals surface area contributed by atoms with Gasteiger partial charge in [0.2, 0.25) is 0 Å². The van der Waals surface area contributed by atoms with Crippen molar-refractivity contribution in [2.75, 3.05) is 13.1 Å². The van der Waals surface area contributed by atoms with Crippen LogP contribution in [0.2, 0.25) is 0 Å². The Morgan fingerprint density at radius 1 is 1.18 bits per heavy atom. The van der Waals surface area contributed by atoms with E-state index >= 15 is 0 Å². The first-order valence-corrected chi connectivity index (χ1v) is 11.2. The van der Waals surface area contributed by atoms with E-state index in [-0.39, 0.29) is 0 Å². The number of hydrogen-bond donors (Lipinski definition) is 0. The first-order valence-electron chi connectivity index (χ1n) is 3.14. The van der Waals surface area contributed by atoms with Crippen molar-refractivity contribution in [1.82, 2.24) is 4.90 Å². The molecule has 11 heavy (non-hydrogen) atoms. The van der Waals surface area contributed by atoms with Gasteiger partial charge in [0, 0.05) is 13.1 Å². The van der Waals surface area contributed by atoms with E-state index in [1.165, 1.54) is 25.9 Å². The molecule has 1 rings (SSSR count). The fourth-order valence-electron chi connectivity index (χ4n) is 0.924. The van der Waals surface area contributed by atoms with E-state index in [4.69, 9.17) is 27.6 Å². The molecule has 72 valence electrons. The number of hydrogen-bond acceptors (Lipinski definition) is 1. The molecule has 1 heterocycles. The van der Waals surface area contributed by atoms with Crippen molar-refractivity contribution >= 4 is 27.6 Å². The summed E-state index contributed by atoms with van der Waals surface area (Å²) >= 11 is -1.79. The normalized spacial score (nSPS) is 17.0. The van der Waals surface area contributed by atoms with Crippen LogP contribution in [0.25, 0.3) is 0 Å². The van der Waals surface area contributed by atoms with Crippen molar-refractivity contribution in [3.8, 4) is 0 Å². The predicted molar refractivity (Wildman–Crippen MR) is 48.6 cm³/mol. The van der Waals surface area contributed by atoms with E-state index in [1.807, 2.05) is 6.20 Å². The van der Waals surface area contributed by atoms with Crippen LogP contribution in [0.3, 0.4) is 0 Å². The maximum absolute atomic E-state index is 4.95. The molecule has 0 saturated carbocycles. The molecule has 0 radical (unpaired) electrons. The maximum atomic E-state index is 4.95. The van der Waals surface area contributed by atoms with Crippen molar-refractivity contribution < 1.29 is 15.2 Å². The van der Waals surface area contributed by atoms with E-state index in [9.17, 15) is 0 Å². The molecule has 0 aromatic rings. The van der Waals surface area contributed by atoms with Crippen LogP contribution < -0.4 is 0 Å². The Kier molecular flexibility index (Phi) is 8.60. The zero-order chi connectivity index (χ0) is 8.69. The minimum atomic E-state index is -1.79. The Morgan fingerprint density at radius 2 is 1.55 bits per heavy atom. The second-order valence-corrected chi connectivity index (χ2v) is 11.4. The first kappa shape index (κ1) is 12.2. The van der Waals surface area contributed by atoms with Crippen molar-refractivity contribution in [3.63, 3.8) is 0 Å². The number of likely N-dealkylation sites (tertiary alicyclic amines) is 1. The van der Waals surface area contributed by atoms with Gasteiger partial charge in [-0.05, 0) is 19.0 Å². The van der Waals surface area contributed by atoms with Crippen LogP contribution in [0.4, 0.5) is 0 Å². The van der Waals surface area contributed by atoms with E-state index in [0.29, 0.717) is 0 Å². The molecule has 0 aliphatic carbocycles. The van der Waals surface area contributed by atoms with Gasteiger partial charge in [-0.25, -0.2) is 0 Å². The van der Waals surface area contributed by atoms with E-state index in [1.54, 1.807) is 0 Å². The van der Waals surface area contributed by atoms with Gasteiger partial charge in [0.25, 0.3) is 0 Å². The predicted octanol–water partition coefficient (Wildman–Crippen LogP) is 3.29. The monoisotopic (exact) mass is 399 g/mol. The Morgan fingerprint density at radius 3 is 1.73 bits per heavy atom. The summed E-state index contributed by atoms with van der Waals surface area (Å²) in [5.74, 6) is 0. The third-order valence-corrected chi connectivity index (χ3v) is 1.40. The molecule has 0 aromatic carbocycles. The summed E-state index contributed by atoms with van der Waals surface area (Å²) in [7, 11) is 14.9. The average molecular weight is 400 g/mol. The summed E-state index contributed by atoms with van der Waals surface area (Å²) in [5.41, 5.74) is 0. The van der Waals surface area contributed by atoms with Gasteiger partial charge in [0.05, 0.1) is 0 Å². The summed E-state index contributed by atoms with van der Waals surface area (Å²) in [5, 5.41) is 0. The molecule has 0 bridgehead atoms. The zero-order valence-electron chi connectivity index (χ0n) is 6.00. The van der Waals surface area contributed by atoms with Gasteiger partial charge < -0.3 is 4.90 Å². The molecule has 0 N–H and O–H groups in total. The van der Waals surface area contributed by atoms with E-state index in [0.717, 1.165) is 0 Å². The quantitative estimate of drug-likeness (QED) is 0.611. The molecule has 0 atom stereocenters. The first-order chi connectivity index (χ1) is 5.16. The summed E-state index contributed by atoms with van der Waals surface area (Å²) in [6.07, 6.45) is 4.63. The van der Waals surface area contributed by atoms with E-state index < -0.39 is 15.2 Å². The second-order valence-electron chi connectivity index (χ2n) is 2.05. The standard InChI is InChI=1S/C6H11N.Au.3ClH/c1-2-7-5-3-4-6-7;;;;/h2H,1,3-6H2;;3*1H/q;+3;;;/p-3. The third-order valence-electron chi connectivity index (χ3n) is 1.40. The molecular weight excluding hydrogens is 389 g/mol. The van der Waals surface area contributed by atoms with Crippen molar-refractivity contribution in [3.05, 3.63) is 12.8 Å². The van der Waals surface area contributed by atoms with Crippen LogP contribution in [0.15, 0.2) is 12.8 Å². The summed E-state index contributed by atoms with van der Waals surface area (Å²) in [6.45, 7) is 6.12. The minimum absolute atomic E-state index is 1.23. The number of halogens is 3. The van der Waals surface area contributed by atoms with Gasteiger partial charge >= 0.3 is 42.8 Å². The van der Waals surface area contributed by atoms with Crippen LogP contribution in [0.5, 0.6) is 0 Å². The van der Waals surface area contributed by atoms with Gasteiger partial charge in [-0.2, -0.15) is 0 Å². The number of rotatable bonds is 1. The van der Waals surface area contributed by atoms with Crippen LogP contribution >= 0.6 is 27.6 Å². The molecule has 5 heteroatoms. The molecular formula is C6H11AuCl3N. The zero-order valence-corrected chi connectivity index (χ0v) is 10.4. The summed E-state index contributed by atoms with van der Waals surface area (Å²) in [4.78, 5) is 2.25. The van der Waals surface area contributed by atoms with Gasteiger partial charge in [-0.3, -0.25) is 0 Å². The van der Waals surface area contributed by atoms with E-state index in [2.05, 4.69) is 11.5 Å². The molecule has 0 amide bonds. The Labute approximate surface area is 85.9 Å². The van der Waals surface area contributed by atoms with Crippen molar-refractivity contribution in [2.24, 2.45) is 0 Å². The molecule has 1 saturated heterocycles. The fraction of sp³-hybridized carbons (Fsp3) is 0.667. The van der Waals surface area contributed by atoms with Crippen LogP contribution in [0, 0.1) is 0 Å². The van der Waals surface area contributed by atoms with Crippen molar-refractivity contribution in [2.45, 2.75) is 12.8 Å². The SMILES string of the molecule is C=CN1CCCC1.[Cl][Au]([Cl])[Cl]. The summed E-state index contributed by atoms with van der Waals surface area (Å²) in [6, 6.07) is 0. The van der Waals surface area contributed by atoms with Crippen LogP contribution in [0.1, 0.15) is 12.8 Å². The van der Waals surface area contributed by atoms with Gasteiger partial charge in [0.15, 0.2) is 0 Å². The van der Waals surface area contributed by atoms with Gasteiger partial charge in [0.1, 0.15) is 0 Å². The summed E-state index contributed by atoms with van der Waals surface area (Å²) < 4.78 is 0. The molecule has 1 aliphatic heterocycles. The molecule has 1 fully saturated rings. The molecule has 0 spiro atoms. The van der Waals surface area contributed by atoms with Crippen LogP contribution in [-0.2, 0) is 15.2 Å². The third kappa shape index (κ3) is 9.06. The van der Waals surface area contributed by atoms with Gasteiger partial charge in [-0.1, -0.05) is 6.58 Å². The molecule has 1 nitrogen and oxygen atoms in total. The fourth-order valence-corrected chi connectivity index (χ4v) is 0.924. The Balaban J connectivity index is 0.000000218. The second kappa shape index (κ2) is 7.78. The van der Waals surface area contributed by atoms with Crippen LogP contribution in [-0.4, -0.2) is 18.0 Å². The molecule has 1 aliphatic rings. The topological polar surface area (TPSA) is 3.24 Å². The van der Waals surface area contributed by atoms with Gasteiger partial charge in [-0.15, -0.1) is 0 Å². The average Bonchev–Trinajstić information content (AvgIpc) is 2.36. The van der Waals surface area contributed by atoms with Crippen molar-refractivity contribution in [1.29, 1.82) is 0 Å². The Bertz CT molecular complexity index is 101. The number of nitrogens with zero attached hydrogens (tertiary/aromatic N) is 1. The molecule has 0 aromatic heterocycles. The Hall–Kier alpha value is 1.15. The molecule has 0 unspecified atom stereocenters.